The van der Waals surface area contributed by atoms with Gasteiger partial charge >= 0.3 is 0 Å². The Hall–Kier alpha value is -14.5. The van der Waals surface area contributed by atoms with Crippen molar-refractivity contribution < 1.29 is 51.4 Å². The maximum atomic E-state index is 13.5. The molecule has 108 heavy (non-hydrogen) atoms. The number of hydrogen-bond donors (Lipinski definition) is 6. The van der Waals surface area contributed by atoms with E-state index in [9.17, 15) is 14.4 Å². The molecule has 0 fully saturated rings. The second-order valence-electron chi connectivity index (χ2n) is 23.5. The molecule has 6 aromatic carbocycles. The van der Waals surface area contributed by atoms with Gasteiger partial charge < -0.3 is 44.6 Å². The lowest BCUT2D eigenvalue weighted by Gasteiger charge is -2.11. The minimum absolute atomic E-state index is 0.0433. The number of nitrogens with zero attached hydrogens (tertiary/aromatic N) is 14. The molecule has 0 spiro atoms. The number of aryl methyl sites for hydroxylation is 6. The van der Waals surface area contributed by atoms with Crippen molar-refractivity contribution in [2.75, 3.05) is 16.0 Å². The fraction of sp³-hybridized carbons (Fsp3) is 0.106. The number of benzene rings is 6. The molecular formula is C85H76N20O3. The highest BCUT2D eigenvalue weighted by Gasteiger charge is 2.16. The molecule has 9 heterocycles. The topological polar surface area (TPSA) is 290 Å². The molecule has 0 unspecified atom stereocenters. The first kappa shape index (κ1) is 45.6. The highest BCUT2D eigenvalue weighted by atomic mass is 16.2. The summed E-state index contributed by atoms with van der Waals surface area (Å²) in [5, 5.41) is 7.61. The van der Waals surface area contributed by atoms with Crippen LogP contribution in [0.4, 0.5) is 34.1 Å². The minimum Gasteiger partial charge on any atom is -0.324 e. The smallest absolute Gasteiger partial charge is 0.255 e. The number of rotatable bonds is 15. The number of hydrogen-bond acceptors (Lipinski definition) is 14. The zero-order chi connectivity index (χ0) is 98.5. The van der Waals surface area contributed by atoms with E-state index in [0.29, 0.717) is 39.2 Å². The van der Waals surface area contributed by atoms with Crippen LogP contribution in [0.3, 0.4) is 0 Å². The predicted molar refractivity (Wildman–Crippen MR) is 420 cm³/mol. The van der Waals surface area contributed by atoms with Gasteiger partial charge in [0.15, 0.2) is 0 Å². The van der Waals surface area contributed by atoms with Gasteiger partial charge in [0.1, 0.15) is 2.74 Å². The van der Waals surface area contributed by atoms with Gasteiger partial charge in [-0.2, -0.15) is 0 Å². The predicted octanol–water partition coefficient (Wildman–Crippen LogP) is 15.8. The van der Waals surface area contributed by atoms with E-state index in [4.69, 9.17) is 37.0 Å². The summed E-state index contributed by atoms with van der Waals surface area (Å²) in [4.78, 5) is 94.1. The van der Waals surface area contributed by atoms with Crippen LogP contribution in [-0.4, -0.2) is 86.2 Å². The number of amides is 3. The van der Waals surface area contributed by atoms with Gasteiger partial charge in [-0.05, 0) is 252 Å². The molecule has 0 bridgehead atoms. The van der Waals surface area contributed by atoms with Gasteiger partial charge in [-0.1, -0.05) is 18.2 Å². The SMILES string of the molecule is [2H]c1nc(=Nc2cc(C(=O)Nc3c([2H])c(C)c([2H])c(-n4c([2H])cc(C)c4[2H])c3[2H])ccc2C([2H])([2H])[2H])[nH]c(-c2cccnc2)c1[2H].[2H]c1nc(=Nc2cc(C(=O)Nc3c([2H])c(C)c([2H])c(-n4c([2H])nc(C)c4[2H])c3[2H])ccc2C([2H])([2H])[2H])[nH]c(-c2cccnc2)c1[2H].[2H]c1nc(=Nc2cc(C(=O)Nc3c([2H])c(C)c([2H])c(-n4c([2H])nc(C)c4[2H])c3[2H])ccc2C)[nH]c(-c2cccnc2)c1[2H]. The summed E-state index contributed by atoms with van der Waals surface area (Å²) in [5.74, 6) is -2.32. The fourth-order valence-corrected chi connectivity index (χ4v) is 10.0. The van der Waals surface area contributed by atoms with Gasteiger partial charge in [0, 0.05) is 156 Å². The van der Waals surface area contributed by atoms with Crippen LogP contribution in [0, 0.1) is 62.2 Å². The van der Waals surface area contributed by atoms with Gasteiger partial charge in [-0.3, -0.25) is 29.3 Å². The van der Waals surface area contributed by atoms with E-state index in [-0.39, 0.29) is 221 Å². The first-order valence-electron chi connectivity index (χ1n) is 46.0. The van der Waals surface area contributed by atoms with Crippen molar-refractivity contribution in [3.8, 4) is 50.8 Å². The zero-order valence-corrected chi connectivity index (χ0v) is 58.2. The maximum absolute atomic E-state index is 13.5. The lowest BCUT2D eigenvalue weighted by molar-refractivity contribution is 0.101. The normalized spacial score (nSPS) is 15.2. The maximum Gasteiger partial charge on any atom is 0.255 e. The number of aromatic nitrogens is 14. The summed E-state index contributed by atoms with van der Waals surface area (Å²) in [6, 6.07) is 19.8. The molecule has 0 saturated carbocycles. The average Bonchev–Trinajstić information content (AvgIpc) is 1.68. The van der Waals surface area contributed by atoms with Crippen molar-refractivity contribution in [2.45, 2.75) is 62.2 Å². The van der Waals surface area contributed by atoms with Crippen molar-refractivity contribution >= 4 is 51.8 Å². The standard InChI is InChI=1S/C29H26N6O.2C28H25N7O/c1-19-9-12-35(18-19)25-14-20(2)13-24(16-25)32-28(36)22-7-6-21(3)27(15-22)34-29-31-11-8-26(33-29)23-5-4-10-30-17-23;2*1-18-11-23(14-24(12-18)35-16-20(3)31-17-35)32-27(36)21-7-6-19(2)26(13-21)34-28-30-10-8-25(33-28)22-5-4-9-29-15-22/h4-18H,1-3H3,(H,32,36)(H,31,33,34);2*4-17H,1-3H3,(H,32,36)(H,30,33,34)/i3D3,8D,11D,12D,13D,14D,16D,18D;2D3,8D,10D,11D,12D,14D,16D,17D;8D,10D,11D,12D,14D,16D,17D. The Bertz CT molecular complexity index is 7270. The number of imidazole rings is 2. The minimum atomic E-state index is -2.66. The lowest BCUT2D eigenvalue weighted by Crippen LogP contribution is -2.14. The molecule has 6 N–H and O–H groups in total. The number of carbonyl (C=O) groups excluding carboxylic acids is 3. The summed E-state index contributed by atoms with van der Waals surface area (Å²) in [5.41, 5.74) is 2.01. The number of anilines is 3. The van der Waals surface area contributed by atoms with Crippen LogP contribution in [-0.2, 0) is 0 Å². The molecule has 23 heteroatoms. The van der Waals surface area contributed by atoms with Crippen molar-refractivity contribution in [2.24, 2.45) is 15.0 Å². The monoisotopic (exact) mass is 1450 g/mol. The molecule has 0 aliphatic carbocycles. The van der Waals surface area contributed by atoms with Gasteiger partial charge in [-0.25, -0.2) is 39.9 Å². The molecule has 534 valence electrons. The van der Waals surface area contributed by atoms with Crippen molar-refractivity contribution in [1.82, 2.24) is 68.5 Å². The Labute approximate surface area is 660 Å². The number of carbonyl (C=O) groups is 3. The Balaban J connectivity index is 0.000000172. The van der Waals surface area contributed by atoms with E-state index in [1.54, 1.807) is 74.8 Å². The Morgan fingerprint density at radius 3 is 1.09 bits per heavy atom. The average molecular weight is 1450 g/mol. The summed E-state index contributed by atoms with van der Waals surface area (Å²) < 4.78 is 227. The van der Waals surface area contributed by atoms with Crippen LogP contribution in [0.25, 0.3) is 50.8 Å². The molecule has 0 radical (unpaired) electrons. The first-order valence-corrected chi connectivity index (χ1v) is 32.5. The third-order valence-corrected chi connectivity index (χ3v) is 15.1. The molecule has 3 amide bonds. The van der Waals surface area contributed by atoms with E-state index in [1.807, 2.05) is 0 Å². The second kappa shape index (κ2) is 32.9. The molecule has 9 aromatic heterocycles. The number of nitrogens with one attached hydrogen (secondary N) is 6. The number of pyridine rings is 3. The zero-order valence-electron chi connectivity index (χ0n) is 85.2. The molecule has 0 aliphatic heterocycles. The quantitative estimate of drug-likeness (QED) is 0.0561. The van der Waals surface area contributed by atoms with Crippen molar-refractivity contribution in [1.29, 1.82) is 0 Å². The largest absolute Gasteiger partial charge is 0.324 e. The van der Waals surface area contributed by atoms with Crippen LogP contribution < -0.4 is 32.8 Å². The van der Waals surface area contributed by atoms with E-state index < -0.39 is 68.2 Å². The van der Waals surface area contributed by atoms with Crippen molar-refractivity contribution in [3.05, 3.63) is 346 Å². The fourth-order valence-electron chi connectivity index (χ4n) is 10.0. The van der Waals surface area contributed by atoms with E-state index in [1.165, 1.54) is 108 Å². The molecule has 0 saturated heterocycles. The molecule has 15 aromatic rings. The highest BCUT2D eigenvalue weighted by molar-refractivity contribution is 6.06. The van der Waals surface area contributed by atoms with Crippen LogP contribution in [0.1, 0.15) is 118 Å². The Morgan fingerprint density at radius 1 is 0.407 bits per heavy atom. The summed E-state index contributed by atoms with van der Waals surface area (Å²) >= 11 is 0. The molecule has 15 rings (SSSR count). The highest BCUT2D eigenvalue weighted by Crippen LogP contribution is 2.28. The molecule has 0 aliphatic rings. The second-order valence-corrected chi connectivity index (χ2v) is 23.5. The Morgan fingerprint density at radius 2 is 0.769 bits per heavy atom. The van der Waals surface area contributed by atoms with Crippen LogP contribution in [0.5, 0.6) is 0 Å². The van der Waals surface area contributed by atoms with Crippen LogP contribution in [0.15, 0.2) is 278 Å². The molecular weight excluding hydrogens is 1350 g/mol. The van der Waals surface area contributed by atoms with E-state index >= 15 is 0 Å². The van der Waals surface area contributed by atoms with Gasteiger partial charge in [0.05, 0.1) is 84.2 Å². The lowest BCUT2D eigenvalue weighted by atomic mass is 10.1. The van der Waals surface area contributed by atoms with Gasteiger partial charge in [0.25, 0.3) is 17.7 Å². The number of H-pyrrole nitrogens is 3. The molecule has 23 nitrogen and oxygen atoms in total. The summed E-state index contributed by atoms with van der Waals surface area (Å²) in [6.45, 7) is 5.51. The van der Waals surface area contributed by atoms with Gasteiger partial charge in [0.2, 0.25) is 16.9 Å². The third-order valence-electron chi connectivity index (χ3n) is 15.1. The van der Waals surface area contributed by atoms with E-state index in [0.717, 1.165) is 13.7 Å². The molecule has 0 atom stereocenters. The van der Waals surface area contributed by atoms with Crippen LogP contribution in [0.2, 0.25) is 0 Å². The summed E-state index contributed by atoms with van der Waals surface area (Å²) in [7, 11) is 0. The van der Waals surface area contributed by atoms with Gasteiger partial charge in [-0.15, -0.1) is 0 Å². The van der Waals surface area contributed by atoms with Crippen molar-refractivity contribution in [3.63, 3.8) is 0 Å². The first-order chi connectivity index (χ1) is 63.6. The Kier molecular flexibility index (Phi) is 13.9. The van der Waals surface area contributed by atoms with Crippen LogP contribution >= 0.6 is 0 Å². The third kappa shape index (κ3) is 18.5. The van der Waals surface area contributed by atoms with E-state index in [2.05, 4.69) is 85.8 Å². The number of aromatic amines is 3. The summed E-state index contributed by atoms with van der Waals surface area (Å²) in [6.07, 6.45) is 6.63.